The summed E-state index contributed by atoms with van der Waals surface area (Å²) in [7, 11) is 0. The van der Waals surface area contributed by atoms with E-state index in [-0.39, 0.29) is 60.1 Å². The summed E-state index contributed by atoms with van der Waals surface area (Å²) in [4.78, 5) is 49.2. The van der Waals surface area contributed by atoms with Crippen LogP contribution in [0.15, 0.2) is 30.7 Å². The number of pyridine rings is 1. The molecule has 33 heavy (non-hydrogen) atoms. The lowest BCUT2D eigenvalue weighted by Gasteiger charge is -2.39. The van der Waals surface area contributed by atoms with Gasteiger partial charge in [-0.1, -0.05) is 12.8 Å². The molecule has 1 amide bonds. The summed E-state index contributed by atoms with van der Waals surface area (Å²) in [5.41, 5.74) is 0.842. The minimum atomic E-state index is -0.358. The maximum Gasteiger partial charge on any atom is 0.263 e. The van der Waals surface area contributed by atoms with Crippen LogP contribution in [0.2, 0.25) is 0 Å². The average molecular weight is 489 g/mol. The number of halogens is 1. The van der Waals surface area contributed by atoms with E-state index in [2.05, 4.69) is 20.2 Å². The number of carbonyl (C=O) groups is 3. The molecule has 2 saturated heterocycles. The Morgan fingerprint density at radius 3 is 2.94 bits per heavy atom. The van der Waals surface area contributed by atoms with Gasteiger partial charge in [0.2, 0.25) is 0 Å². The summed E-state index contributed by atoms with van der Waals surface area (Å²) in [6.45, 7) is 0.588. The number of fused-ring (bicyclic) bond motifs is 1. The molecule has 1 N–H and O–H groups in total. The number of rotatable bonds is 6. The highest BCUT2D eigenvalue weighted by Gasteiger charge is 2.53. The monoisotopic (exact) mass is 488 g/mol. The lowest BCUT2D eigenvalue weighted by Crippen LogP contribution is -2.52. The second-order valence-electron chi connectivity index (χ2n) is 8.78. The molecule has 10 heteroatoms. The average Bonchev–Trinajstić information content (AvgIpc) is 3.56. The van der Waals surface area contributed by atoms with Crippen molar-refractivity contribution in [2.75, 3.05) is 19.7 Å². The first-order valence-electron chi connectivity index (χ1n) is 11.2. The Hall–Kier alpha value is -2.20. The van der Waals surface area contributed by atoms with Crippen LogP contribution in [0.5, 0.6) is 0 Å². The summed E-state index contributed by atoms with van der Waals surface area (Å²) < 4.78 is 5.61. The van der Waals surface area contributed by atoms with Crippen molar-refractivity contribution in [1.29, 1.82) is 0 Å². The number of thiazole rings is 1. The molecule has 0 bridgehead atoms. The first-order valence-corrected chi connectivity index (χ1v) is 12.5. The van der Waals surface area contributed by atoms with E-state index < -0.39 is 0 Å². The van der Waals surface area contributed by atoms with Crippen LogP contribution in [0, 0.1) is 5.92 Å². The number of hydrogen-bond acceptors (Lipinski definition) is 8. The van der Waals surface area contributed by atoms with Crippen LogP contribution in [0.3, 0.4) is 0 Å². The van der Waals surface area contributed by atoms with Gasteiger partial charge in [-0.15, -0.1) is 22.9 Å². The molecule has 2 aromatic heterocycles. The topological polar surface area (TPSA) is 101 Å². The third-order valence-corrected chi connectivity index (χ3v) is 8.22. The third-order valence-electron chi connectivity index (χ3n) is 6.79. The van der Waals surface area contributed by atoms with Gasteiger partial charge in [0, 0.05) is 36.5 Å². The zero-order chi connectivity index (χ0) is 22.9. The second-order valence-corrected chi connectivity index (χ2v) is 10.4. The maximum absolute atomic E-state index is 13.2. The van der Waals surface area contributed by atoms with Crippen LogP contribution in [0.25, 0.3) is 10.6 Å². The molecule has 4 heterocycles. The first-order chi connectivity index (χ1) is 16.0. The minimum Gasteiger partial charge on any atom is -0.367 e. The summed E-state index contributed by atoms with van der Waals surface area (Å²) in [6, 6.07) is 3.29. The van der Waals surface area contributed by atoms with Crippen molar-refractivity contribution in [3.05, 3.63) is 35.6 Å². The highest BCUT2D eigenvalue weighted by molar-refractivity contribution is 7.16. The van der Waals surface area contributed by atoms with Crippen molar-refractivity contribution in [3.8, 4) is 10.6 Å². The van der Waals surface area contributed by atoms with Gasteiger partial charge in [-0.25, -0.2) is 4.98 Å². The lowest BCUT2D eigenvalue weighted by molar-refractivity contribution is -0.128. The van der Waals surface area contributed by atoms with Crippen molar-refractivity contribution in [1.82, 2.24) is 20.2 Å². The van der Waals surface area contributed by atoms with Gasteiger partial charge in [0.25, 0.3) is 5.91 Å². The van der Waals surface area contributed by atoms with Gasteiger partial charge in [-0.05, 0) is 25.0 Å². The Labute approximate surface area is 200 Å². The molecule has 1 saturated carbocycles. The largest absolute Gasteiger partial charge is 0.367 e. The molecule has 174 valence electrons. The maximum atomic E-state index is 13.2. The van der Waals surface area contributed by atoms with Gasteiger partial charge in [0.1, 0.15) is 16.5 Å². The summed E-state index contributed by atoms with van der Waals surface area (Å²) in [5.74, 6) is -0.513. The molecule has 5 atom stereocenters. The third kappa shape index (κ3) is 4.47. The summed E-state index contributed by atoms with van der Waals surface area (Å²) in [5, 5.41) is 3.22. The predicted octanol–water partition coefficient (Wildman–Crippen LogP) is 2.32. The number of ketones is 2. The number of likely N-dealkylation sites (tertiary alicyclic amines) is 1. The van der Waals surface area contributed by atoms with Gasteiger partial charge in [-0.3, -0.25) is 24.3 Å². The fraction of sp³-hybridized carbons (Fsp3) is 0.522. The van der Waals surface area contributed by atoms with Crippen LogP contribution in [0.4, 0.5) is 0 Å². The fourth-order valence-corrected chi connectivity index (χ4v) is 6.44. The first kappa shape index (κ1) is 22.6. The molecule has 5 rings (SSSR count). The molecular formula is C23H25ClN4O4S. The van der Waals surface area contributed by atoms with Crippen LogP contribution < -0.4 is 5.32 Å². The number of ether oxygens (including phenoxy) is 1. The van der Waals surface area contributed by atoms with Crippen LogP contribution >= 0.6 is 22.9 Å². The zero-order valence-corrected chi connectivity index (χ0v) is 19.6. The SMILES string of the molecule is O=C(NCC(=O)C1CCCCC1N1C[C@H](Cl)[C@H]2OCC(=O)[C@H]21)c1cnc(-c2cccnc2)s1. The number of hydrogen-bond donors (Lipinski definition) is 1. The normalized spacial score (nSPS) is 29.7. The van der Waals surface area contributed by atoms with E-state index in [0.29, 0.717) is 16.4 Å². The Morgan fingerprint density at radius 1 is 1.27 bits per heavy atom. The molecule has 2 aliphatic heterocycles. The van der Waals surface area contributed by atoms with Crippen molar-refractivity contribution < 1.29 is 19.1 Å². The van der Waals surface area contributed by atoms with E-state index in [9.17, 15) is 14.4 Å². The van der Waals surface area contributed by atoms with E-state index in [0.717, 1.165) is 31.2 Å². The number of alkyl halides is 1. The van der Waals surface area contributed by atoms with E-state index in [1.54, 1.807) is 12.4 Å². The highest BCUT2D eigenvalue weighted by atomic mass is 35.5. The van der Waals surface area contributed by atoms with Crippen molar-refractivity contribution >= 4 is 40.4 Å². The number of nitrogens with zero attached hydrogens (tertiary/aromatic N) is 3. The van der Waals surface area contributed by atoms with E-state index in [1.165, 1.54) is 17.5 Å². The summed E-state index contributed by atoms with van der Waals surface area (Å²) >= 11 is 7.73. The van der Waals surface area contributed by atoms with Crippen LogP contribution in [0.1, 0.15) is 35.4 Å². The van der Waals surface area contributed by atoms with Crippen molar-refractivity contribution in [2.24, 2.45) is 5.92 Å². The van der Waals surface area contributed by atoms with Gasteiger partial charge in [0.05, 0.1) is 30.3 Å². The molecule has 2 unspecified atom stereocenters. The zero-order valence-electron chi connectivity index (χ0n) is 18.0. The predicted molar refractivity (Wildman–Crippen MR) is 123 cm³/mol. The number of nitrogens with one attached hydrogen (secondary N) is 1. The molecule has 8 nitrogen and oxygen atoms in total. The molecule has 1 aliphatic carbocycles. The molecule has 3 fully saturated rings. The van der Waals surface area contributed by atoms with Gasteiger partial charge in [0.15, 0.2) is 11.6 Å². The number of carbonyl (C=O) groups excluding carboxylic acids is 3. The Bertz CT molecular complexity index is 1050. The van der Waals surface area contributed by atoms with Crippen molar-refractivity contribution in [3.63, 3.8) is 0 Å². The summed E-state index contributed by atoms with van der Waals surface area (Å²) in [6.07, 6.45) is 8.16. The fourth-order valence-electron chi connectivity index (χ4n) is 5.25. The smallest absolute Gasteiger partial charge is 0.263 e. The molecule has 0 spiro atoms. The second kappa shape index (κ2) is 9.58. The number of aromatic nitrogens is 2. The molecular weight excluding hydrogens is 464 g/mol. The van der Waals surface area contributed by atoms with Crippen LogP contribution in [-0.4, -0.2) is 75.6 Å². The van der Waals surface area contributed by atoms with Gasteiger partial charge in [-0.2, -0.15) is 0 Å². The Morgan fingerprint density at radius 2 is 2.12 bits per heavy atom. The molecule has 0 radical (unpaired) electrons. The number of Topliss-reactive ketones (excluding diaryl/α,β-unsaturated/α-hetero) is 2. The van der Waals surface area contributed by atoms with E-state index in [1.807, 2.05) is 12.1 Å². The molecule has 0 aromatic carbocycles. The lowest BCUT2D eigenvalue weighted by atomic mass is 9.80. The Kier molecular flexibility index (Phi) is 6.56. The van der Waals surface area contributed by atoms with Gasteiger partial charge >= 0.3 is 0 Å². The van der Waals surface area contributed by atoms with Crippen LogP contribution in [-0.2, 0) is 14.3 Å². The van der Waals surface area contributed by atoms with E-state index >= 15 is 0 Å². The molecule has 2 aromatic rings. The minimum absolute atomic E-state index is 0.00835. The van der Waals surface area contributed by atoms with Crippen molar-refractivity contribution in [2.45, 2.75) is 49.2 Å². The highest BCUT2D eigenvalue weighted by Crippen LogP contribution is 2.38. The quantitative estimate of drug-likeness (QED) is 0.622. The molecule has 3 aliphatic rings. The Balaban J connectivity index is 1.23. The standard InChI is InChI=1S/C23H25ClN4O4S/c24-15-11-28(20-18(30)12-32-21(15)20)16-6-2-1-5-14(16)17(29)9-26-22(31)19-10-27-23(33-19)13-4-3-7-25-8-13/h3-4,7-8,10,14-16,20-21H,1-2,5-6,9,11-12H2,(H,26,31)/t14?,15-,16?,20+,21+/m0/s1. The van der Waals surface area contributed by atoms with Gasteiger partial charge < -0.3 is 10.1 Å². The number of amides is 1. The van der Waals surface area contributed by atoms with E-state index in [4.69, 9.17) is 16.3 Å².